The van der Waals surface area contributed by atoms with Crippen molar-refractivity contribution in [2.45, 2.75) is 6.18 Å². The second-order valence-corrected chi connectivity index (χ2v) is 7.02. The number of aromatic amines is 1. The van der Waals surface area contributed by atoms with Crippen LogP contribution in [-0.2, 0) is 6.18 Å². The zero-order valence-corrected chi connectivity index (χ0v) is 15.9. The second-order valence-electron chi connectivity index (χ2n) is 7.02. The molecule has 0 aliphatic heterocycles. The summed E-state index contributed by atoms with van der Waals surface area (Å²) in [6.07, 6.45) is 0.643. The normalized spacial score (nSPS) is 11.9. The molecular weight excluding hydrogens is 408 g/mol. The minimum atomic E-state index is -4.43. The number of imidazole rings is 1. The topological polar surface area (TPSA) is 46.0 Å². The molecule has 3 heterocycles. The number of aromatic nitrogens is 4. The number of alkyl halides is 3. The summed E-state index contributed by atoms with van der Waals surface area (Å²) in [5.41, 5.74) is 3.76. The fourth-order valence-electron chi connectivity index (χ4n) is 3.55. The summed E-state index contributed by atoms with van der Waals surface area (Å²) in [4.78, 5) is 4.32. The van der Waals surface area contributed by atoms with Gasteiger partial charge in [0.05, 0.1) is 23.1 Å². The van der Waals surface area contributed by atoms with Gasteiger partial charge in [0.15, 0.2) is 0 Å². The van der Waals surface area contributed by atoms with Gasteiger partial charge in [-0.15, -0.1) is 0 Å². The summed E-state index contributed by atoms with van der Waals surface area (Å²) in [5, 5.41) is 7.11. The number of pyridine rings is 1. The largest absolute Gasteiger partial charge is 0.416 e. The van der Waals surface area contributed by atoms with Gasteiger partial charge >= 0.3 is 6.18 Å². The summed E-state index contributed by atoms with van der Waals surface area (Å²) >= 11 is 0. The molecule has 1 N–H and O–H groups in total. The fraction of sp³-hybridized carbons (Fsp3) is 0.0435. The maximum absolute atomic E-state index is 13.3. The zero-order valence-electron chi connectivity index (χ0n) is 15.9. The molecule has 0 unspecified atom stereocenters. The molecule has 5 rings (SSSR count). The maximum atomic E-state index is 13.3. The minimum Gasteiger partial charge on any atom is -0.299 e. The quantitative estimate of drug-likeness (QED) is 0.351. The number of fused-ring (bicyclic) bond motifs is 1. The Hall–Kier alpha value is -3.94. The van der Waals surface area contributed by atoms with Crippen molar-refractivity contribution in [2.75, 3.05) is 0 Å². The lowest BCUT2D eigenvalue weighted by Gasteiger charge is -2.09. The van der Waals surface area contributed by atoms with Crippen molar-refractivity contribution in [3.63, 3.8) is 0 Å². The van der Waals surface area contributed by atoms with Crippen LogP contribution in [0.15, 0.2) is 79.3 Å². The predicted molar refractivity (Wildman–Crippen MR) is 109 cm³/mol. The van der Waals surface area contributed by atoms with Crippen LogP contribution in [0.1, 0.15) is 5.56 Å². The average molecular weight is 422 g/mol. The lowest BCUT2D eigenvalue weighted by atomic mass is 10.0. The number of halogens is 4. The van der Waals surface area contributed by atoms with Crippen LogP contribution in [0.2, 0.25) is 0 Å². The molecule has 0 atom stereocenters. The number of benzene rings is 2. The number of rotatable bonds is 3. The Bertz CT molecular complexity index is 1380. The van der Waals surface area contributed by atoms with Crippen molar-refractivity contribution in [2.24, 2.45) is 0 Å². The molecule has 0 aliphatic carbocycles. The summed E-state index contributed by atoms with van der Waals surface area (Å²) < 4.78 is 54.5. The summed E-state index contributed by atoms with van der Waals surface area (Å²) in [6, 6.07) is 14.8. The number of nitrogens with zero attached hydrogens (tertiary/aromatic N) is 3. The van der Waals surface area contributed by atoms with E-state index in [0.717, 1.165) is 28.8 Å². The van der Waals surface area contributed by atoms with Crippen molar-refractivity contribution >= 4 is 5.65 Å². The number of H-pyrrole nitrogens is 1. The van der Waals surface area contributed by atoms with Gasteiger partial charge in [-0.05, 0) is 48.5 Å². The third kappa shape index (κ3) is 3.46. The van der Waals surface area contributed by atoms with Crippen molar-refractivity contribution in [1.29, 1.82) is 0 Å². The van der Waals surface area contributed by atoms with Crippen LogP contribution in [0.25, 0.3) is 39.3 Å². The van der Waals surface area contributed by atoms with Crippen LogP contribution in [-0.4, -0.2) is 19.6 Å². The van der Waals surface area contributed by atoms with E-state index in [9.17, 15) is 17.6 Å². The highest BCUT2D eigenvalue weighted by molar-refractivity contribution is 5.81. The predicted octanol–water partition coefficient (Wildman–Crippen LogP) is 6.22. The van der Waals surface area contributed by atoms with Gasteiger partial charge in [-0.3, -0.25) is 9.50 Å². The average Bonchev–Trinajstić information content (AvgIpc) is 3.40. The van der Waals surface area contributed by atoms with Crippen LogP contribution in [0, 0.1) is 5.82 Å². The van der Waals surface area contributed by atoms with Gasteiger partial charge in [-0.25, -0.2) is 9.37 Å². The Morgan fingerprint density at radius 3 is 2.42 bits per heavy atom. The molecule has 5 aromatic rings. The van der Waals surface area contributed by atoms with Gasteiger partial charge in [0.1, 0.15) is 11.5 Å². The highest BCUT2D eigenvalue weighted by Gasteiger charge is 2.30. The molecule has 3 aromatic heterocycles. The molecule has 31 heavy (non-hydrogen) atoms. The molecule has 0 fully saturated rings. The standard InChI is InChI=1S/C23H14F4N4/c24-18-7-4-14(5-8-18)22-19(11-29-30-22)16-6-9-21-28-12-20(31(21)13-16)15-2-1-3-17(10-15)23(25,26)27/h1-13H,(H,29,30). The fourth-order valence-corrected chi connectivity index (χ4v) is 3.55. The summed E-state index contributed by atoms with van der Waals surface area (Å²) in [6.45, 7) is 0. The third-order valence-corrected chi connectivity index (χ3v) is 5.06. The first-order chi connectivity index (χ1) is 14.9. The lowest BCUT2D eigenvalue weighted by Crippen LogP contribution is -2.04. The third-order valence-electron chi connectivity index (χ3n) is 5.06. The second kappa shape index (κ2) is 7.09. The molecule has 0 aliphatic rings. The first-order valence-corrected chi connectivity index (χ1v) is 9.35. The van der Waals surface area contributed by atoms with Crippen LogP contribution in [0.3, 0.4) is 0 Å². The molecule has 2 aromatic carbocycles. The van der Waals surface area contributed by atoms with Gasteiger partial charge < -0.3 is 0 Å². The SMILES string of the molecule is Fc1ccc(-c2n[nH]cc2-c2ccc3ncc(-c4cccc(C(F)(F)F)c4)n3c2)cc1. The van der Waals surface area contributed by atoms with E-state index in [1.807, 2.05) is 6.07 Å². The van der Waals surface area contributed by atoms with E-state index in [4.69, 9.17) is 0 Å². The molecule has 0 saturated heterocycles. The molecule has 0 spiro atoms. The van der Waals surface area contributed by atoms with Gasteiger partial charge in [-0.1, -0.05) is 12.1 Å². The van der Waals surface area contributed by atoms with Crippen LogP contribution in [0.4, 0.5) is 17.6 Å². The molecule has 154 valence electrons. The van der Waals surface area contributed by atoms with Crippen LogP contribution >= 0.6 is 0 Å². The number of hydrogen-bond acceptors (Lipinski definition) is 2. The summed E-state index contributed by atoms with van der Waals surface area (Å²) in [5.74, 6) is -0.341. The van der Waals surface area contributed by atoms with Gasteiger partial charge in [0, 0.05) is 34.6 Å². The van der Waals surface area contributed by atoms with Gasteiger partial charge in [0.25, 0.3) is 0 Å². The number of hydrogen-bond donors (Lipinski definition) is 1. The highest BCUT2D eigenvalue weighted by atomic mass is 19.4. The highest BCUT2D eigenvalue weighted by Crippen LogP contribution is 2.34. The van der Waals surface area contributed by atoms with Crippen molar-refractivity contribution in [1.82, 2.24) is 19.6 Å². The van der Waals surface area contributed by atoms with Crippen molar-refractivity contribution in [3.05, 3.63) is 90.6 Å². The van der Waals surface area contributed by atoms with Crippen molar-refractivity contribution in [3.8, 4) is 33.6 Å². The van der Waals surface area contributed by atoms with Crippen LogP contribution < -0.4 is 0 Å². The van der Waals surface area contributed by atoms with E-state index in [1.165, 1.54) is 18.2 Å². The molecule has 0 radical (unpaired) electrons. The van der Waals surface area contributed by atoms with E-state index in [1.54, 1.807) is 47.3 Å². The van der Waals surface area contributed by atoms with Crippen molar-refractivity contribution < 1.29 is 17.6 Å². The Balaban J connectivity index is 1.62. The maximum Gasteiger partial charge on any atom is 0.416 e. The van der Waals surface area contributed by atoms with E-state index in [2.05, 4.69) is 15.2 Å². The van der Waals surface area contributed by atoms with Gasteiger partial charge in [-0.2, -0.15) is 18.3 Å². The molecule has 8 heteroatoms. The van der Waals surface area contributed by atoms with E-state index < -0.39 is 11.7 Å². The van der Waals surface area contributed by atoms with Crippen LogP contribution in [0.5, 0.6) is 0 Å². The smallest absolute Gasteiger partial charge is 0.299 e. The number of nitrogens with one attached hydrogen (secondary N) is 1. The molecular formula is C23H14F4N4. The lowest BCUT2D eigenvalue weighted by molar-refractivity contribution is -0.137. The minimum absolute atomic E-state index is 0.341. The van der Waals surface area contributed by atoms with E-state index in [0.29, 0.717) is 22.6 Å². The Morgan fingerprint density at radius 2 is 1.65 bits per heavy atom. The molecule has 0 bridgehead atoms. The molecule has 0 saturated carbocycles. The van der Waals surface area contributed by atoms with E-state index in [-0.39, 0.29) is 5.82 Å². The Labute approximate surface area is 173 Å². The molecule has 0 amide bonds. The molecule has 4 nitrogen and oxygen atoms in total. The Kier molecular flexibility index (Phi) is 4.35. The first-order valence-electron chi connectivity index (χ1n) is 9.35. The van der Waals surface area contributed by atoms with Gasteiger partial charge in [0.2, 0.25) is 0 Å². The van der Waals surface area contributed by atoms with E-state index >= 15 is 0 Å². The Morgan fingerprint density at radius 1 is 0.871 bits per heavy atom. The monoisotopic (exact) mass is 422 g/mol. The zero-order chi connectivity index (χ0) is 21.6. The first kappa shape index (κ1) is 19.0. The summed E-state index contributed by atoms with van der Waals surface area (Å²) in [7, 11) is 0.